The lowest BCUT2D eigenvalue weighted by Crippen LogP contribution is -2.50. The summed E-state index contributed by atoms with van der Waals surface area (Å²) in [6.45, 7) is -1.19. The molecule has 0 N–H and O–H groups in total. The number of rotatable bonds is 5. The highest BCUT2D eigenvalue weighted by molar-refractivity contribution is 7.81. The molecule has 2 fully saturated rings. The Hall–Kier alpha value is -1.59. The van der Waals surface area contributed by atoms with Crippen molar-refractivity contribution in [3.63, 3.8) is 0 Å². The van der Waals surface area contributed by atoms with Crippen LogP contribution in [0, 0.1) is 0 Å². The Bertz CT molecular complexity index is 484. The third-order valence-corrected chi connectivity index (χ3v) is 3.37. The van der Waals surface area contributed by atoms with Crippen LogP contribution in [0.25, 0.3) is 0 Å². The van der Waals surface area contributed by atoms with E-state index in [1.54, 1.807) is 0 Å². The molecule has 10 nitrogen and oxygen atoms in total. The van der Waals surface area contributed by atoms with Crippen molar-refractivity contribution < 1.29 is 45.3 Å². The van der Waals surface area contributed by atoms with Gasteiger partial charge >= 0.3 is 22.7 Å². The summed E-state index contributed by atoms with van der Waals surface area (Å²) >= 11 is 0. The number of carbonyl (C=O) groups excluding carboxylic acids is 2. The first-order valence-corrected chi connectivity index (χ1v) is 6.34. The van der Waals surface area contributed by atoms with Crippen molar-refractivity contribution in [1.82, 2.24) is 0 Å². The Morgan fingerprint density at radius 3 is 2.53 bits per heavy atom. The van der Waals surface area contributed by atoms with Crippen molar-refractivity contribution in [2.24, 2.45) is 0 Å². The molecule has 2 aliphatic rings. The fourth-order valence-corrected chi connectivity index (χ4v) is 1.98. The minimum absolute atomic E-state index is 0.216. The van der Waals surface area contributed by atoms with Gasteiger partial charge in [0.2, 0.25) is 5.60 Å². The average Bonchev–Trinajstić information content (AvgIpc) is 2.95. The largest absolute Gasteiger partial charge is 0.509 e. The summed E-state index contributed by atoms with van der Waals surface area (Å²) < 4.78 is 49.5. The maximum Gasteiger partial charge on any atom is 0.509 e. The molecule has 108 valence electrons. The monoisotopic (exact) mass is 298 g/mol. The zero-order chi connectivity index (χ0) is 14.1. The first-order chi connectivity index (χ1) is 8.87. The van der Waals surface area contributed by atoms with Crippen LogP contribution in [0.4, 0.5) is 9.59 Å². The number of cyclic esters (lactones) is 4. The third kappa shape index (κ3) is 2.88. The molecule has 0 aromatic carbocycles. The quantitative estimate of drug-likeness (QED) is 0.604. The SMILES string of the molecule is COS(=O)(=O)OCC1(C2COC(=O)O2)COC(=O)O1. The van der Waals surface area contributed by atoms with Crippen LogP contribution in [0.15, 0.2) is 0 Å². The molecule has 11 heteroatoms. The van der Waals surface area contributed by atoms with Crippen molar-refractivity contribution in [2.45, 2.75) is 11.7 Å². The molecule has 19 heavy (non-hydrogen) atoms. The summed E-state index contributed by atoms with van der Waals surface area (Å²) in [5.41, 5.74) is -1.59. The Labute approximate surface area is 107 Å². The van der Waals surface area contributed by atoms with Crippen LogP contribution < -0.4 is 0 Å². The van der Waals surface area contributed by atoms with Gasteiger partial charge in [-0.25, -0.2) is 13.8 Å². The van der Waals surface area contributed by atoms with E-state index in [9.17, 15) is 18.0 Å². The Morgan fingerprint density at radius 1 is 1.32 bits per heavy atom. The molecule has 0 saturated carbocycles. The number of hydrogen-bond donors (Lipinski definition) is 0. The molecule has 0 aliphatic carbocycles. The normalized spacial score (nSPS) is 30.5. The third-order valence-electron chi connectivity index (χ3n) is 2.55. The Kier molecular flexibility index (Phi) is 3.52. The second-order valence-corrected chi connectivity index (χ2v) is 5.10. The van der Waals surface area contributed by atoms with E-state index in [4.69, 9.17) is 9.47 Å². The molecule has 2 heterocycles. The first-order valence-electron chi connectivity index (χ1n) is 5.01. The van der Waals surface area contributed by atoms with Crippen molar-refractivity contribution in [3.05, 3.63) is 0 Å². The standard InChI is InChI=1S/C8H10O10S/c1-13-19(11,12)16-4-8(3-15-7(10)18-8)5-2-14-6(9)17-5/h5H,2-4H2,1H3. The van der Waals surface area contributed by atoms with Crippen LogP contribution >= 0.6 is 0 Å². The summed E-state index contributed by atoms with van der Waals surface area (Å²) in [4.78, 5) is 21.9. The van der Waals surface area contributed by atoms with E-state index in [0.29, 0.717) is 0 Å². The molecule has 0 bridgehead atoms. The maximum absolute atomic E-state index is 11.1. The summed E-state index contributed by atoms with van der Waals surface area (Å²) in [6, 6.07) is 0. The van der Waals surface area contributed by atoms with Crippen molar-refractivity contribution >= 4 is 22.7 Å². The van der Waals surface area contributed by atoms with Gasteiger partial charge in [-0.05, 0) is 0 Å². The van der Waals surface area contributed by atoms with Gasteiger partial charge in [0.25, 0.3) is 0 Å². The van der Waals surface area contributed by atoms with E-state index >= 15 is 0 Å². The molecule has 0 radical (unpaired) electrons. The topological polar surface area (TPSA) is 124 Å². The maximum atomic E-state index is 11.1. The molecule has 2 unspecified atom stereocenters. The lowest BCUT2D eigenvalue weighted by molar-refractivity contribution is -0.0662. The van der Waals surface area contributed by atoms with Gasteiger partial charge in [0.05, 0.1) is 7.11 Å². The highest BCUT2D eigenvalue weighted by Gasteiger charge is 2.55. The smallest absolute Gasteiger partial charge is 0.430 e. The van der Waals surface area contributed by atoms with Gasteiger partial charge in [-0.15, -0.1) is 0 Å². The molecule has 2 rings (SSSR count). The van der Waals surface area contributed by atoms with Gasteiger partial charge in [-0.2, -0.15) is 8.42 Å². The van der Waals surface area contributed by atoms with E-state index < -0.39 is 41.0 Å². The highest BCUT2D eigenvalue weighted by atomic mass is 32.3. The highest BCUT2D eigenvalue weighted by Crippen LogP contribution is 2.30. The van der Waals surface area contributed by atoms with Crippen LogP contribution in [-0.4, -0.2) is 59.4 Å². The lowest BCUT2D eigenvalue weighted by atomic mass is 10.00. The lowest BCUT2D eigenvalue weighted by Gasteiger charge is -2.27. The molecular weight excluding hydrogens is 288 g/mol. The zero-order valence-corrected chi connectivity index (χ0v) is 10.5. The molecular formula is C8H10O10S. The minimum Gasteiger partial charge on any atom is -0.430 e. The van der Waals surface area contributed by atoms with E-state index in [1.807, 2.05) is 0 Å². The predicted molar refractivity (Wildman–Crippen MR) is 53.3 cm³/mol. The second kappa shape index (κ2) is 4.83. The van der Waals surface area contributed by atoms with Gasteiger partial charge in [0.1, 0.15) is 19.8 Å². The molecule has 2 aliphatic heterocycles. The van der Waals surface area contributed by atoms with E-state index in [1.165, 1.54) is 0 Å². The molecule has 0 spiro atoms. The summed E-state index contributed by atoms with van der Waals surface area (Å²) in [5.74, 6) is 0. The van der Waals surface area contributed by atoms with Crippen LogP contribution in [0.1, 0.15) is 0 Å². The zero-order valence-electron chi connectivity index (χ0n) is 9.69. The van der Waals surface area contributed by atoms with Gasteiger partial charge in [-0.1, -0.05) is 0 Å². The fraction of sp³-hybridized carbons (Fsp3) is 0.750. The van der Waals surface area contributed by atoms with E-state index in [0.717, 1.165) is 7.11 Å². The number of ether oxygens (including phenoxy) is 4. The molecule has 0 amide bonds. The Morgan fingerprint density at radius 2 is 2.05 bits per heavy atom. The van der Waals surface area contributed by atoms with Gasteiger partial charge in [0.15, 0.2) is 6.10 Å². The summed E-state index contributed by atoms with van der Waals surface area (Å²) in [6.07, 6.45) is -3.01. The average molecular weight is 298 g/mol. The Balaban J connectivity index is 2.12. The van der Waals surface area contributed by atoms with E-state index in [-0.39, 0.29) is 13.2 Å². The summed E-state index contributed by atoms with van der Waals surface area (Å²) in [5, 5.41) is 0. The van der Waals surface area contributed by atoms with Gasteiger partial charge in [0, 0.05) is 0 Å². The molecule has 0 aromatic rings. The van der Waals surface area contributed by atoms with Gasteiger partial charge in [-0.3, -0.25) is 4.18 Å². The molecule has 2 saturated heterocycles. The van der Waals surface area contributed by atoms with Crippen molar-refractivity contribution in [3.8, 4) is 0 Å². The molecule has 0 aromatic heterocycles. The van der Waals surface area contributed by atoms with E-state index in [2.05, 4.69) is 17.8 Å². The van der Waals surface area contributed by atoms with Crippen LogP contribution in [0.5, 0.6) is 0 Å². The van der Waals surface area contributed by atoms with Crippen LogP contribution in [0.2, 0.25) is 0 Å². The van der Waals surface area contributed by atoms with Gasteiger partial charge < -0.3 is 18.9 Å². The number of hydrogen-bond acceptors (Lipinski definition) is 10. The predicted octanol–water partition coefficient (Wildman–Crippen LogP) is -0.665. The van der Waals surface area contributed by atoms with Crippen LogP contribution in [-0.2, 0) is 37.7 Å². The first kappa shape index (κ1) is 13.8. The van der Waals surface area contributed by atoms with Crippen LogP contribution in [0.3, 0.4) is 0 Å². The second-order valence-electron chi connectivity index (χ2n) is 3.71. The minimum atomic E-state index is -4.23. The van der Waals surface area contributed by atoms with Crippen molar-refractivity contribution in [1.29, 1.82) is 0 Å². The molecule has 2 atom stereocenters. The summed E-state index contributed by atoms with van der Waals surface area (Å²) in [7, 11) is -3.33. The fourth-order valence-electron chi connectivity index (χ4n) is 1.54. The number of carbonyl (C=O) groups is 2. The van der Waals surface area contributed by atoms with Crippen molar-refractivity contribution in [2.75, 3.05) is 26.9 Å².